The molecule has 0 unspecified atom stereocenters. The number of rotatable bonds is 2. The zero-order valence-electron chi connectivity index (χ0n) is 12.1. The van der Waals surface area contributed by atoms with Crippen LogP contribution in [0.5, 0.6) is 0 Å². The number of ether oxygens (including phenoxy) is 1. The standard InChI is InChI=1S/C14H21N3O3/c1-14(2,3)20-13(19)17-12-8-15-11(7-16-12)9-4-5-10(18)6-9/h7-10,18H,4-6H2,1-3H3,(H,16,17,19)/t9-,10-/m1/s1. The van der Waals surface area contributed by atoms with Crippen molar-refractivity contribution in [1.29, 1.82) is 0 Å². The second-order valence-corrected chi connectivity index (χ2v) is 6.12. The molecule has 1 heterocycles. The Morgan fingerprint density at radius 3 is 2.60 bits per heavy atom. The Hall–Kier alpha value is -1.69. The molecule has 0 saturated heterocycles. The van der Waals surface area contributed by atoms with Gasteiger partial charge in [0.25, 0.3) is 0 Å². The summed E-state index contributed by atoms with van der Waals surface area (Å²) in [7, 11) is 0. The molecule has 1 aliphatic carbocycles. The highest BCUT2D eigenvalue weighted by atomic mass is 16.6. The van der Waals surface area contributed by atoms with Crippen molar-refractivity contribution in [3.8, 4) is 0 Å². The Bertz CT molecular complexity index is 468. The maximum atomic E-state index is 11.6. The van der Waals surface area contributed by atoms with E-state index in [-0.39, 0.29) is 12.0 Å². The summed E-state index contributed by atoms with van der Waals surface area (Å²) in [5.41, 5.74) is 0.313. The zero-order valence-corrected chi connectivity index (χ0v) is 12.1. The summed E-state index contributed by atoms with van der Waals surface area (Å²) in [5, 5.41) is 12.1. The van der Waals surface area contributed by atoms with Crippen molar-refractivity contribution >= 4 is 11.9 Å². The number of anilines is 1. The highest BCUT2D eigenvalue weighted by molar-refractivity contribution is 5.83. The van der Waals surface area contributed by atoms with E-state index in [2.05, 4.69) is 15.3 Å². The van der Waals surface area contributed by atoms with Crippen LogP contribution in [-0.4, -0.2) is 32.9 Å². The smallest absolute Gasteiger partial charge is 0.413 e. The van der Waals surface area contributed by atoms with E-state index in [9.17, 15) is 9.90 Å². The number of aliphatic hydroxyl groups excluding tert-OH is 1. The van der Waals surface area contributed by atoms with E-state index >= 15 is 0 Å². The molecule has 2 N–H and O–H groups in total. The normalized spacial score (nSPS) is 22.6. The summed E-state index contributed by atoms with van der Waals surface area (Å²) < 4.78 is 5.13. The predicted molar refractivity (Wildman–Crippen MR) is 74.5 cm³/mol. The summed E-state index contributed by atoms with van der Waals surface area (Å²) in [5.74, 6) is 0.620. The van der Waals surface area contributed by atoms with Crippen LogP contribution in [0, 0.1) is 0 Å². The van der Waals surface area contributed by atoms with E-state index in [0.29, 0.717) is 5.82 Å². The number of nitrogens with one attached hydrogen (secondary N) is 1. The van der Waals surface area contributed by atoms with Crippen molar-refractivity contribution in [2.45, 2.75) is 57.7 Å². The van der Waals surface area contributed by atoms with Gasteiger partial charge in [-0.3, -0.25) is 10.3 Å². The van der Waals surface area contributed by atoms with Crippen LogP contribution in [-0.2, 0) is 4.74 Å². The number of hydrogen-bond acceptors (Lipinski definition) is 5. The molecule has 1 aromatic heterocycles. The zero-order chi connectivity index (χ0) is 14.8. The SMILES string of the molecule is CC(C)(C)OC(=O)Nc1cnc([C@@H]2CC[C@@H](O)C2)cn1. The third-order valence-electron chi connectivity index (χ3n) is 3.12. The molecule has 0 radical (unpaired) electrons. The quantitative estimate of drug-likeness (QED) is 0.868. The molecule has 0 bridgehead atoms. The van der Waals surface area contributed by atoms with Crippen LogP contribution < -0.4 is 5.32 Å². The lowest BCUT2D eigenvalue weighted by atomic mass is 10.0. The maximum absolute atomic E-state index is 11.6. The van der Waals surface area contributed by atoms with E-state index in [0.717, 1.165) is 25.0 Å². The molecular formula is C14H21N3O3. The first kappa shape index (κ1) is 14.7. The van der Waals surface area contributed by atoms with Crippen LogP contribution in [0.2, 0.25) is 0 Å². The van der Waals surface area contributed by atoms with Crippen molar-refractivity contribution in [3.63, 3.8) is 0 Å². The predicted octanol–water partition coefficient (Wildman–Crippen LogP) is 2.45. The van der Waals surface area contributed by atoms with Gasteiger partial charge in [-0.15, -0.1) is 0 Å². The second-order valence-electron chi connectivity index (χ2n) is 6.12. The number of aromatic nitrogens is 2. The van der Waals surface area contributed by atoms with Gasteiger partial charge in [-0.2, -0.15) is 0 Å². The summed E-state index contributed by atoms with van der Waals surface area (Å²) in [6.45, 7) is 5.40. The summed E-state index contributed by atoms with van der Waals surface area (Å²) in [4.78, 5) is 20.0. The van der Waals surface area contributed by atoms with Gasteiger partial charge in [-0.25, -0.2) is 9.78 Å². The Kier molecular flexibility index (Phi) is 4.23. The van der Waals surface area contributed by atoms with Crippen LogP contribution >= 0.6 is 0 Å². The fourth-order valence-corrected chi connectivity index (χ4v) is 2.25. The first-order valence-electron chi connectivity index (χ1n) is 6.83. The molecule has 0 spiro atoms. The van der Waals surface area contributed by atoms with Crippen LogP contribution in [0.4, 0.5) is 10.6 Å². The van der Waals surface area contributed by atoms with Gasteiger partial charge in [-0.05, 0) is 40.0 Å². The van der Waals surface area contributed by atoms with Gasteiger partial charge in [0.2, 0.25) is 0 Å². The average Bonchev–Trinajstić information content (AvgIpc) is 2.74. The Morgan fingerprint density at radius 1 is 1.35 bits per heavy atom. The number of carbonyl (C=O) groups is 1. The minimum absolute atomic E-state index is 0.235. The van der Waals surface area contributed by atoms with Gasteiger partial charge in [-0.1, -0.05) is 0 Å². The third kappa shape index (κ3) is 4.16. The van der Waals surface area contributed by atoms with Crippen LogP contribution in [0.3, 0.4) is 0 Å². The summed E-state index contributed by atoms with van der Waals surface area (Å²) in [6.07, 6.45) is 4.85. The van der Waals surface area contributed by atoms with Crippen LogP contribution in [0.25, 0.3) is 0 Å². The number of amides is 1. The lowest BCUT2D eigenvalue weighted by Crippen LogP contribution is -2.27. The molecule has 1 saturated carbocycles. The summed E-state index contributed by atoms with van der Waals surface area (Å²) >= 11 is 0. The molecule has 1 aliphatic rings. The Balaban J connectivity index is 1.93. The van der Waals surface area contributed by atoms with Gasteiger partial charge in [0.05, 0.1) is 24.2 Å². The largest absolute Gasteiger partial charge is 0.444 e. The first-order chi connectivity index (χ1) is 9.33. The van der Waals surface area contributed by atoms with Crippen molar-refractivity contribution in [2.75, 3.05) is 5.32 Å². The monoisotopic (exact) mass is 279 g/mol. The van der Waals surface area contributed by atoms with Gasteiger partial charge in [0.15, 0.2) is 5.82 Å². The average molecular weight is 279 g/mol. The van der Waals surface area contributed by atoms with Crippen molar-refractivity contribution in [2.24, 2.45) is 0 Å². The van der Waals surface area contributed by atoms with Gasteiger partial charge < -0.3 is 9.84 Å². The molecule has 6 heteroatoms. The van der Waals surface area contributed by atoms with Crippen molar-refractivity contribution in [1.82, 2.24) is 9.97 Å². The Morgan fingerprint density at radius 2 is 2.10 bits per heavy atom. The number of aliphatic hydroxyl groups is 1. The third-order valence-corrected chi connectivity index (χ3v) is 3.12. The van der Waals surface area contributed by atoms with E-state index < -0.39 is 11.7 Å². The molecule has 20 heavy (non-hydrogen) atoms. The van der Waals surface area contributed by atoms with E-state index in [1.165, 1.54) is 6.20 Å². The maximum Gasteiger partial charge on any atom is 0.413 e. The molecule has 110 valence electrons. The molecule has 0 aromatic carbocycles. The fraction of sp³-hybridized carbons (Fsp3) is 0.643. The fourth-order valence-electron chi connectivity index (χ4n) is 2.25. The van der Waals surface area contributed by atoms with E-state index in [4.69, 9.17) is 4.74 Å². The second kappa shape index (κ2) is 5.75. The number of carbonyl (C=O) groups excluding carboxylic acids is 1. The molecule has 1 aromatic rings. The molecule has 2 rings (SSSR count). The van der Waals surface area contributed by atoms with Gasteiger partial charge in [0, 0.05) is 5.92 Å². The van der Waals surface area contributed by atoms with E-state index in [1.807, 2.05) is 0 Å². The van der Waals surface area contributed by atoms with Crippen molar-refractivity contribution in [3.05, 3.63) is 18.1 Å². The molecule has 1 fully saturated rings. The molecule has 1 amide bonds. The summed E-state index contributed by atoms with van der Waals surface area (Å²) in [6, 6.07) is 0. The highest BCUT2D eigenvalue weighted by Gasteiger charge is 2.25. The molecule has 0 aliphatic heterocycles. The molecule has 2 atom stereocenters. The number of hydrogen-bond donors (Lipinski definition) is 2. The minimum atomic E-state index is -0.546. The highest BCUT2D eigenvalue weighted by Crippen LogP contribution is 2.33. The van der Waals surface area contributed by atoms with Crippen LogP contribution in [0.1, 0.15) is 51.6 Å². The molecule has 6 nitrogen and oxygen atoms in total. The first-order valence-corrected chi connectivity index (χ1v) is 6.83. The Labute approximate surface area is 118 Å². The van der Waals surface area contributed by atoms with Crippen LogP contribution in [0.15, 0.2) is 12.4 Å². The van der Waals surface area contributed by atoms with Gasteiger partial charge >= 0.3 is 6.09 Å². The lowest BCUT2D eigenvalue weighted by molar-refractivity contribution is 0.0635. The van der Waals surface area contributed by atoms with Crippen molar-refractivity contribution < 1.29 is 14.6 Å². The lowest BCUT2D eigenvalue weighted by Gasteiger charge is -2.19. The number of nitrogens with zero attached hydrogens (tertiary/aromatic N) is 2. The minimum Gasteiger partial charge on any atom is -0.444 e. The molecular weight excluding hydrogens is 258 g/mol. The topological polar surface area (TPSA) is 84.3 Å². The van der Waals surface area contributed by atoms with Gasteiger partial charge in [0.1, 0.15) is 5.60 Å². The van der Waals surface area contributed by atoms with E-state index in [1.54, 1.807) is 27.0 Å².